The molecule has 190 valence electrons. The number of rotatable bonds is 7. The van der Waals surface area contributed by atoms with Gasteiger partial charge in [-0.2, -0.15) is 0 Å². The first-order valence-electron chi connectivity index (χ1n) is 11.3. The van der Waals surface area contributed by atoms with Gasteiger partial charge in [0.1, 0.15) is 11.6 Å². The van der Waals surface area contributed by atoms with Gasteiger partial charge in [-0.15, -0.1) is 0 Å². The Balaban J connectivity index is 1.90. The summed E-state index contributed by atoms with van der Waals surface area (Å²) in [6.45, 7) is -0.311. The number of hydrogen-bond acceptors (Lipinski definition) is 4. The monoisotopic (exact) mass is 509 g/mol. The number of halogens is 2. The fraction of sp³-hybridized carbons (Fsp3) is 0.185. The minimum absolute atomic E-state index is 0.103. The quantitative estimate of drug-likeness (QED) is 0.418. The van der Waals surface area contributed by atoms with E-state index in [-0.39, 0.29) is 12.1 Å². The van der Waals surface area contributed by atoms with Gasteiger partial charge in [0.2, 0.25) is 0 Å². The molecular formula is C27H21F2NO7. The van der Waals surface area contributed by atoms with Crippen LogP contribution in [0.25, 0.3) is 0 Å². The number of benzene rings is 3. The van der Waals surface area contributed by atoms with Crippen molar-refractivity contribution in [2.24, 2.45) is 0 Å². The fourth-order valence-corrected chi connectivity index (χ4v) is 4.74. The molecule has 1 amide bonds. The summed E-state index contributed by atoms with van der Waals surface area (Å²) in [7, 11) is 0. The second-order valence-corrected chi connectivity index (χ2v) is 8.68. The van der Waals surface area contributed by atoms with Gasteiger partial charge in [0.05, 0.1) is 28.3 Å². The van der Waals surface area contributed by atoms with Crippen LogP contribution in [0.4, 0.5) is 8.78 Å². The van der Waals surface area contributed by atoms with Gasteiger partial charge in [0.15, 0.2) is 0 Å². The van der Waals surface area contributed by atoms with Crippen LogP contribution in [0, 0.1) is 11.6 Å². The van der Waals surface area contributed by atoms with E-state index >= 15 is 0 Å². The summed E-state index contributed by atoms with van der Waals surface area (Å²) in [5, 5.41) is 28.7. The summed E-state index contributed by atoms with van der Waals surface area (Å²) < 4.78 is 27.9. The molecule has 0 fully saturated rings. The number of aromatic carboxylic acids is 3. The van der Waals surface area contributed by atoms with Gasteiger partial charge in [-0.25, -0.2) is 23.2 Å². The number of carboxylic acids is 3. The zero-order valence-electron chi connectivity index (χ0n) is 19.3. The van der Waals surface area contributed by atoms with Gasteiger partial charge in [0.25, 0.3) is 5.91 Å². The summed E-state index contributed by atoms with van der Waals surface area (Å²) in [5.41, 5.74) is -0.970. The van der Waals surface area contributed by atoms with Crippen LogP contribution >= 0.6 is 0 Å². The topological polar surface area (TPSA) is 132 Å². The van der Waals surface area contributed by atoms with Gasteiger partial charge in [-0.05, 0) is 60.2 Å². The number of fused-ring (bicyclic) bond motifs is 1. The average molecular weight is 509 g/mol. The van der Waals surface area contributed by atoms with E-state index < -0.39 is 63.7 Å². The third kappa shape index (κ3) is 5.18. The molecule has 3 aromatic rings. The SMILES string of the molecule is O=C(O)c1cc(C(=O)O)c(C(=O)N(Cc2cc(F)cc(F)c2)[C@H]2CCCc3ccccc32)cc1C(=O)O. The molecular weight excluding hydrogens is 488 g/mol. The Morgan fingerprint density at radius 3 is 1.92 bits per heavy atom. The van der Waals surface area contributed by atoms with Crippen molar-refractivity contribution in [3.63, 3.8) is 0 Å². The molecule has 1 aliphatic carbocycles. The minimum atomic E-state index is -1.67. The standard InChI is InChI=1S/C27H21F2NO7/c28-16-8-14(9-17(29)10-16)13-30(23-7-3-5-15-4-1-2-6-18(15)23)24(31)19-11-21(26(34)35)22(27(36)37)12-20(19)25(32)33/h1-2,4,6,8-12,23H,3,5,7,13H2,(H,32,33)(H,34,35)(H,36,37)/t23-/m0/s1. The summed E-state index contributed by atoms with van der Waals surface area (Å²) in [6.07, 6.45) is 1.87. The highest BCUT2D eigenvalue weighted by molar-refractivity contribution is 6.10. The van der Waals surface area contributed by atoms with Crippen LogP contribution in [0.2, 0.25) is 0 Å². The summed E-state index contributed by atoms with van der Waals surface area (Å²) >= 11 is 0. The van der Waals surface area contributed by atoms with E-state index in [9.17, 15) is 43.3 Å². The average Bonchev–Trinajstić information content (AvgIpc) is 2.85. The Morgan fingerprint density at radius 1 is 0.784 bits per heavy atom. The second kappa shape index (κ2) is 10.2. The Labute approximate surface area is 209 Å². The van der Waals surface area contributed by atoms with Gasteiger partial charge in [-0.3, -0.25) is 4.79 Å². The molecule has 10 heteroatoms. The lowest BCUT2D eigenvalue weighted by molar-refractivity contribution is 0.0610. The highest BCUT2D eigenvalue weighted by atomic mass is 19.1. The van der Waals surface area contributed by atoms with E-state index in [4.69, 9.17) is 0 Å². The van der Waals surface area contributed by atoms with Crippen LogP contribution in [-0.4, -0.2) is 44.0 Å². The molecule has 4 rings (SSSR count). The van der Waals surface area contributed by atoms with E-state index in [1.165, 1.54) is 4.90 Å². The third-order valence-corrected chi connectivity index (χ3v) is 6.33. The highest BCUT2D eigenvalue weighted by Gasteiger charge is 2.33. The minimum Gasteiger partial charge on any atom is -0.478 e. The van der Waals surface area contributed by atoms with Crippen molar-refractivity contribution in [2.45, 2.75) is 31.8 Å². The van der Waals surface area contributed by atoms with Crippen molar-refractivity contribution in [1.29, 1.82) is 0 Å². The number of aryl methyl sites for hydroxylation is 1. The maximum Gasteiger partial charge on any atom is 0.336 e. The zero-order chi connectivity index (χ0) is 26.9. The Kier molecular flexibility index (Phi) is 7.01. The van der Waals surface area contributed by atoms with Crippen molar-refractivity contribution in [3.05, 3.63) is 105 Å². The van der Waals surface area contributed by atoms with Gasteiger partial charge >= 0.3 is 17.9 Å². The predicted molar refractivity (Wildman–Crippen MR) is 126 cm³/mol. The van der Waals surface area contributed by atoms with E-state index in [1.807, 2.05) is 12.1 Å². The van der Waals surface area contributed by atoms with E-state index in [0.29, 0.717) is 25.0 Å². The molecule has 1 aliphatic rings. The van der Waals surface area contributed by atoms with Crippen molar-refractivity contribution < 1.29 is 43.3 Å². The van der Waals surface area contributed by atoms with E-state index in [2.05, 4.69) is 0 Å². The molecule has 0 heterocycles. The van der Waals surface area contributed by atoms with Crippen molar-refractivity contribution in [2.75, 3.05) is 0 Å². The molecule has 3 aromatic carbocycles. The van der Waals surface area contributed by atoms with Crippen molar-refractivity contribution in [1.82, 2.24) is 4.90 Å². The molecule has 0 saturated carbocycles. The van der Waals surface area contributed by atoms with E-state index in [1.54, 1.807) is 12.1 Å². The zero-order valence-corrected chi connectivity index (χ0v) is 19.3. The van der Waals surface area contributed by atoms with Crippen LogP contribution in [0.5, 0.6) is 0 Å². The highest BCUT2D eigenvalue weighted by Crippen LogP contribution is 2.37. The van der Waals surface area contributed by atoms with Gasteiger partial charge in [0, 0.05) is 12.6 Å². The normalized spacial score (nSPS) is 14.5. The van der Waals surface area contributed by atoms with Crippen molar-refractivity contribution in [3.8, 4) is 0 Å². The maximum atomic E-state index is 14.0. The first-order valence-corrected chi connectivity index (χ1v) is 11.3. The van der Waals surface area contributed by atoms with Crippen molar-refractivity contribution >= 4 is 23.8 Å². The van der Waals surface area contributed by atoms with E-state index in [0.717, 1.165) is 35.7 Å². The number of hydrogen-bond donors (Lipinski definition) is 3. The van der Waals surface area contributed by atoms with Gasteiger partial charge in [-0.1, -0.05) is 24.3 Å². The molecule has 0 radical (unpaired) electrons. The lowest BCUT2D eigenvalue weighted by atomic mass is 9.86. The third-order valence-electron chi connectivity index (χ3n) is 6.33. The number of carboxylic acid groups (broad SMARTS) is 3. The van der Waals surface area contributed by atoms with Crippen LogP contribution in [0.3, 0.4) is 0 Å². The summed E-state index contributed by atoms with van der Waals surface area (Å²) in [4.78, 5) is 50.6. The first-order chi connectivity index (χ1) is 17.6. The smallest absolute Gasteiger partial charge is 0.336 e. The lowest BCUT2D eigenvalue weighted by Gasteiger charge is -2.36. The predicted octanol–water partition coefficient (Wildman–Crippen LogP) is 4.78. The molecule has 0 saturated heterocycles. The number of carbonyl (C=O) groups is 4. The Hall–Kier alpha value is -4.60. The Morgan fingerprint density at radius 2 is 1.32 bits per heavy atom. The summed E-state index contributed by atoms with van der Waals surface area (Å²) in [5.74, 6) is -7.61. The largest absolute Gasteiger partial charge is 0.478 e. The lowest BCUT2D eigenvalue weighted by Crippen LogP contribution is -2.37. The van der Waals surface area contributed by atoms with Crippen LogP contribution in [0.1, 0.15) is 77.0 Å². The summed E-state index contributed by atoms with van der Waals surface area (Å²) in [6, 6.07) is 10.8. The Bertz CT molecular complexity index is 1420. The number of nitrogens with zero attached hydrogens (tertiary/aromatic N) is 1. The molecule has 8 nitrogen and oxygen atoms in total. The fourth-order valence-electron chi connectivity index (χ4n) is 4.74. The molecule has 3 N–H and O–H groups in total. The molecule has 0 aromatic heterocycles. The van der Waals surface area contributed by atoms with Crippen LogP contribution in [-0.2, 0) is 13.0 Å². The molecule has 37 heavy (non-hydrogen) atoms. The number of amides is 1. The molecule has 0 unspecified atom stereocenters. The van der Waals surface area contributed by atoms with Crippen LogP contribution in [0.15, 0.2) is 54.6 Å². The molecule has 1 atom stereocenters. The maximum absolute atomic E-state index is 14.0. The second-order valence-electron chi connectivity index (χ2n) is 8.68. The first kappa shape index (κ1) is 25.5. The van der Waals surface area contributed by atoms with Crippen LogP contribution < -0.4 is 0 Å². The molecule has 0 aliphatic heterocycles. The van der Waals surface area contributed by atoms with Gasteiger partial charge < -0.3 is 20.2 Å². The molecule has 0 bridgehead atoms. The molecule has 0 spiro atoms. The number of carbonyl (C=O) groups excluding carboxylic acids is 1.